The topological polar surface area (TPSA) is 35.5 Å². The van der Waals surface area contributed by atoms with Crippen molar-refractivity contribution in [3.05, 3.63) is 64.2 Å². The lowest BCUT2D eigenvalue weighted by molar-refractivity contribution is -0.137. The number of rotatable bonds is 5. The lowest BCUT2D eigenvalue weighted by Crippen LogP contribution is -2.24. The summed E-state index contributed by atoms with van der Waals surface area (Å²) in [5.74, 6) is 1.67. The van der Waals surface area contributed by atoms with Crippen LogP contribution in [0.4, 0.5) is 13.2 Å². The maximum absolute atomic E-state index is 12.7. The number of esters is 1. The van der Waals surface area contributed by atoms with Gasteiger partial charge >= 0.3 is 12.1 Å². The molecule has 0 spiro atoms. The first kappa shape index (κ1) is 20.4. The minimum Gasteiger partial charge on any atom is -0.489 e. The Kier molecular flexibility index (Phi) is 6.17. The molecule has 0 N–H and O–H groups in total. The van der Waals surface area contributed by atoms with Crippen molar-refractivity contribution in [1.82, 2.24) is 0 Å². The van der Waals surface area contributed by atoms with E-state index in [0.29, 0.717) is 5.56 Å². The Morgan fingerprint density at radius 2 is 1.78 bits per heavy atom. The van der Waals surface area contributed by atoms with E-state index in [1.165, 1.54) is 12.1 Å². The lowest BCUT2D eigenvalue weighted by atomic mass is 10.00. The van der Waals surface area contributed by atoms with Crippen molar-refractivity contribution < 1.29 is 27.4 Å². The van der Waals surface area contributed by atoms with Crippen molar-refractivity contribution in [2.75, 3.05) is 6.61 Å². The number of carbonyl (C=O) groups is 1. The summed E-state index contributed by atoms with van der Waals surface area (Å²) in [7, 11) is 0. The fourth-order valence-corrected chi connectivity index (χ4v) is 2.74. The lowest BCUT2D eigenvalue weighted by Gasteiger charge is -2.16. The summed E-state index contributed by atoms with van der Waals surface area (Å²) in [5.41, 5.74) is 2.11. The zero-order chi connectivity index (χ0) is 20.2. The molecule has 142 valence electrons. The number of carbonyl (C=O) groups excluding carboxylic acids is 1. The Morgan fingerprint density at radius 1 is 1.15 bits per heavy atom. The van der Waals surface area contributed by atoms with E-state index in [0.717, 1.165) is 28.8 Å². The van der Waals surface area contributed by atoms with Crippen LogP contribution in [-0.4, -0.2) is 18.7 Å². The molecule has 0 aliphatic carbocycles. The number of benzene rings is 2. The summed E-state index contributed by atoms with van der Waals surface area (Å²) in [5, 5.41) is 0. The van der Waals surface area contributed by atoms with Crippen LogP contribution in [0.25, 0.3) is 0 Å². The molecule has 2 rings (SSSR count). The van der Waals surface area contributed by atoms with Crippen LogP contribution in [0.15, 0.2) is 36.4 Å². The fraction of sp³-hybridized carbons (Fsp3) is 0.286. The number of hydrogen-bond donors (Lipinski definition) is 0. The van der Waals surface area contributed by atoms with Crippen molar-refractivity contribution in [3.63, 3.8) is 0 Å². The SMILES string of the molecule is C#C[C@@H](COc1cccc(C(F)(F)F)c1)OC(=O)c1c(C)cc(C)cc1C. The van der Waals surface area contributed by atoms with Crippen LogP contribution < -0.4 is 4.74 Å². The van der Waals surface area contributed by atoms with E-state index >= 15 is 0 Å². The number of halogens is 3. The average Bonchev–Trinajstić information content (AvgIpc) is 2.57. The van der Waals surface area contributed by atoms with Gasteiger partial charge in [-0.05, 0) is 50.1 Å². The van der Waals surface area contributed by atoms with Crippen LogP contribution in [0, 0.1) is 33.1 Å². The molecule has 0 radical (unpaired) electrons. The Balaban J connectivity index is 2.07. The van der Waals surface area contributed by atoms with Gasteiger partial charge in [0, 0.05) is 0 Å². The maximum Gasteiger partial charge on any atom is 0.416 e. The van der Waals surface area contributed by atoms with E-state index < -0.39 is 23.8 Å². The van der Waals surface area contributed by atoms with E-state index in [1.54, 1.807) is 13.8 Å². The third-order valence-corrected chi connectivity index (χ3v) is 3.88. The first-order valence-corrected chi connectivity index (χ1v) is 8.17. The molecule has 3 nitrogen and oxygen atoms in total. The van der Waals surface area contributed by atoms with Gasteiger partial charge in [-0.2, -0.15) is 13.2 Å². The Morgan fingerprint density at radius 3 is 2.33 bits per heavy atom. The summed E-state index contributed by atoms with van der Waals surface area (Å²) in [6.07, 6.45) is -0.134. The predicted molar refractivity (Wildman–Crippen MR) is 95.6 cm³/mol. The molecule has 2 aromatic carbocycles. The van der Waals surface area contributed by atoms with Gasteiger partial charge in [0.05, 0.1) is 11.1 Å². The van der Waals surface area contributed by atoms with Gasteiger partial charge in [0.25, 0.3) is 0 Å². The van der Waals surface area contributed by atoms with Gasteiger partial charge in [-0.15, -0.1) is 6.42 Å². The van der Waals surface area contributed by atoms with E-state index in [-0.39, 0.29) is 12.4 Å². The Labute approximate surface area is 156 Å². The van der Waals surface area contributed by atoms with Gasteiger partial charge in [0.15, 0.2) is 6.10 Å². The van der Waals surface area contributed by atoms with Gasteiger partial charge < -0.3 is 9.47 Å². The first-order chi connectivity index (χ1) is 12.6. The Bertz CT molecular complexity index is 856. The molecule has 0 unspecified atom stereocenters. The van der Waals surface area contributed by atoms with Crippen molar-refractivity contribution >= 4 is 5.97 Å². The van der Waals surface area contributed by atoms with Crippen molar-refractivity contribution in [2.45, 2.75) is 33.1 Å². The third kappa shape index (κ3) is 5.27. The summed E-state index contributed by atoms with van der Waals surface area (Å²) in [4.78, 5) is 12.4. The van der Waals surface area contributed by atoms with Crippen molar-refractivity contribution in [3.8, 4) is 18.1 Å². The van der Waals surface area contributed by atoms with Crippen molar-refractivity contribution in [1.29, 1.82) is 0 Å². The molecule has 0 amide bonds. The minimum atomic E-state index is -4.47. The summed E-state index contributed by atoms with van der Waals surface area (Å²) in [6.45, 7) is 5.25. The van der Waals surface area contributed by atoms with Gasteiger partial charge in [0.2, 0.25) is 0 Å². The highest BCUT2D eigenvalue weighted by molar-refractivity contribution is 5.93. The Hall–Kier alpha value is -2.94. The summed E-state index contributed by atoms with van der Waals surface area (Å²) < 4.78 is 48.8. The molecular weight excluding hydrogens is 357 g/mol. The molecule has 1 atom stereocenters. The highest BCUT2D eigenvalue weighted by Gasteiger charge is 2.30. The summed E-state index contributed by atoms with van der Waals surface area (Å²) >= 11 is 0. The molecule has 0 aromatic heterocycles. The molecule has 6 heteroatoms. The molecule has 2 aromatic rings. The molecule has 0 saturated carbocycles. The second kappa shape index (κ2) is 8.17. The van der Waals surface area contributed by atoms with E-state index in [4.69, 9.17) is 15.9 Å². The molecule has 0 heterocycles. The van der Waals surface area contributed by atoms with Crippen LogP contribution in [0.2, 0.25) is 0 Å². The summed E-state index contributed by atoms with van der Waals surface area (Å²) in [6, 6.07) is 8.12. The number of terminal acetylenes is 1. The smallest absolute Gasteiger partial charge is 0.416 e. The van der Waals surface area contributed by atoms with E-state index in [9.17, 15) is 18.0 Å². The normalized spacial score (nSPS) is 12.2. The van der Waals surface area contributed by atoms with Crippen LogP contribution in [0.1, 0.15) is 32.6 Å². The van der Waals surface area contributed by atoms with Crippen LogP contribution in [0.3, 0.4) is 0 Å². The number of aryl methyl sites for hydroxylation is 3. The highest BCUT2D eigenvalue weighted by atomic mass is 19.4. The van der Waals surface area contributed by atoms with Gasteiger partial charge in [-0.25, -0.2) is 4.79 Å². The maximum atomic E-state index is 12.7. The standard InChI is InChI=1S/C21H19F3O3/c1-5-17(12-26-18-8-6-7-16(11-18)21(22,23)24)27-20(25)19-14(3)9-13(2)10-15(19)4/h1,6-11,17H,12H2,2-4H3/t17-/m0/s1. The molecular formula is C21H19F3O3. The molecule has 0 aliphatic heterocycles. The monoisotopic (exact) mass is 376 g/mol. The minimum absolute atomic E-state index is 0.0104. The number of ether oxygens (including phenoxy) is 2. The fourth-order valence-electron chi connectivity index (χ4n) is 2.74. The van der Waals surface area contributed by atoms with Crippen molar-refractivity contribution in [2.24, 2.45) is 0 Å². The molecule has 0 saturated heterocycles. The third-order valence-electron chi connectivity index (χ3n) is 3.88. The quantitative estimate of drug-likeness (QED) is 0.552. The van der Waals surface area contributed by atoms with Gasteiger partial charge in [-0.1, -0.05) is 29.7 Å². The number of hydrogen-bond acceptors (Lipinski definition) is 3. The second-order valence-corrected chi connectivity index (χ2v) is 6.17. The first-order valence-electron chi connectivity index (χ1n) is 8.17. The molecule has 27 heavy (non-hydrogen) atoms. The largest absolute Gasteiger partial charge is 0.489 e. The zero-order valence-corrected chi connectivity index (χ0v) is 15.2. The average molecular weight is 376 g/mol. The molecule has 0 fully saturated rings. The number of alkyl halides is 3. The molecule has 0 aliphatic rings. The van der Waals surface area contributed by atoms with Crippen LogP contribution in [-0.2, 0) is 10.9 Å². The molecule has 0 bridgehead atoms. The van der Waals surface area contributed by atoms with E-state index in [1.807, 2.05) is 19.1 Å². The predicted octanol–water partition coefficient (Wildman–Crippen LogP) is 4.87. The zero-order valence-electron chi connectivity index (χ0n) is 15.2. The van der Waals surface area contributed by atoms with Gasteiger partial charge in [-0.3, -0.25) is 0 Å². The van der Waals surface area contributed by atoms with Crippen LogP contribution >= 0.6 is 0 Å². The van der Waals surface area contributed by atoms with Crippen LogP contribution in [0.5, 0.6) is 5.75 Å². The van der Waals surface area contributed by atoms with Gasteiger partial charge in [0.1, 0.15) is 12.4 Å². The van der Waals surface area contributed by atoms with E-state index in [2.05, 4.69) is 5.92 Å². The second-order valence-electron chi connectivity index (χ2n) is 6.17. The highest BCUT2D eigenvalue weighted by Crippen LogP contribution is 2.31.